The van der Waals surface area contributed by atoms with Gasteiger partial charge in [0.1, 0.15) is 0 Å². The van der Waals surface area contributed by atoms with Crippen molar-refractivity contribution in [3.63, 3.8) is 0 Å². The van der Waals surface area contributed by atoms with Crippen LogP contribution < -0.4 is 4.90 Å². The van der Waals surface area contributed by atoms with Crippen molar-refractivity contribution in [3.8, 4) is 0 Å². The molecule has 2 nitrogen and oxygen atoms in total. The third-order valence-electron chi connectivity index (χ3n) is 2.78. The minimum absolute atomic E-state index is 0.130. The zero-order chi connectivity index (χ0) is 11.1. The molecule has 0 radical (unpaired) electrons. The summed E-state index contributed by atoms with van der Waals surface area (Å²) in [5.74, 6) is 0.130. The van der Waals surface area contributed by atoms with Crippen LogP contribution in [0.25, 0.3) is 0 Å². The molecule has 0 N–H and O–H groups in total. The Morgan fingerprint density at radius 2 is 2.00 bits per heavy atom. The van der Waals surface area contributed by atoms with E-state index in [1.165, 1.54) is 9.75 Å². The minimum atomic E-state index is 0.130. The second-order valence-corrected chi connectivity index (χ2v) is 5.26. The van der Waals surface area contributed by atoms with E-state index in [2.05, 4.69) is 0 Å². The number of para-hydroxylation sites is 1. The van der Waals surface area contributed by atoms with Gasteiger partial charge in [-0.15, -0.1) is 11.3 Å². The minimum Gasteiger partial charge on any atom is -0.303 e. The molecule has 0 fully saturated rings. The summed E-state index contributed by atoms with van der Waals surface area (Å²) in [5, 5.41) is 0. The lowest BCUT2D eigenvalue weighted by Gasteiger charge is -2.15. The molecule has 16 heavy (non-hydrogen) atoms. The summed E-state index contributed by atoms with van der Waals surface area (Å²) in [7, 11) is 0. The number of thiophene rings is 1. The van der Waals surface area contributed by atoms with Gasteiger partial charge in [-0.25, -0.2) is 0 Å². The second-order valence-electron chi connectivity index (χ2n) is 3.92. The molecule has 3 rings (SSSR count). The Kier molecular flexibility index (Phi) is 2.07. The monoisotopic (exact) mass is 229 g/mol. The number of nitrogens with zero attached hydrogens (tertiary/aromatic N) is 1. The number of fused-ring (bicyclic) bond motifs is 1. The van der Waals surface area contributed by atoms with Crippen molar-refractivity contribution in [1.82, 2.24) is 0 Å². The maximum atomic E-state index is 12.1. The van der Waals surface area contributed by atoms with Crippen LogP contribution >= 0.6 is 11.3 Å². The molecule has 1 aromatic heterocycles. The first-order chi connectivity index (χ1) is 7.75. The topological polar surface area (TPSA) is 20.3 Å². The quantitative estimate of drug-likeness (QED) is 0.735. The summed E-state index contributed by atoms with van der Waals surface area (Å²) in [4.78, 5) is 16.4. The van der Waals surface area contributed by atoms with Crippen molar-refractivity contribution in [2.75, 3.05) is 4.90 Å². The first kappa shape index (κ1) is 9.60. The van der Waals surface area contributed by atoms with E-state index in [9.17, 15) is 4.79 Å². The number of carbonyl (C=O) groups excluding carboxylic acids is 1. The molecule has 0 aliphatic carbocycles. The standard InChI is InChI=1S/C13H11NOS/c1-9-7-11-12(16-9)8-14(13(11)15)10-5-3-2-4-6-10/h2-7H,8H2,1H3. The fourth-order valence-electron chi connectivity index (χ4n) is 2.04. The number of aryl methyl sites for hydroxylation is 1. The van der Waals surface area contributed by atoms with E-state index in [0.29, 0.717) is 0 Å². The zero-order valence-corrected chi connectivity index (χ0v) is 9.75. The van der Waals surface area contributed by atoms with Crippen LogP contribution in [0, 0.1) is 6.92 Å². The van der Waals surface area contributed by atoms with Crippen molar-refractivity contribution in [3.05, 3.63) is 51.7 Å². The zero-order valence-electron chi connectivity index (χ0n) is 8.93. The molecule has 0 atom stereocenters. The maximum Gasteiger partial charge on any atom is 0.259 e. The number of amides is 1. The Morgan fingerprint density at radius 1 is 1.25 bits per heavy atom. The molecule has 2 aromatic rings. The van der Waals surface area contributed by atoms with Gasteiger partial charge in [-0.1, -0.05) is 18.2 Å². The molecule has 0 saturated carbocycles. The van der Waals surface area contributed by atoms with Gasteiger partial charge in [0.25, 0.3) is 5.91 Å². The molecule has 1 aliphatic rings. The maximum absolute atomic E-state index is 12.1. The number of hydrogen-bond donors (Lipinski definition) is 0. The van der Waals surface area contributed by atoms with Gasteiger partial charge in [0, 0.05) is 15.4 Å². The average Bonchev–Trinajstić information content (AvgIpc) is 2.79. The molecule has 1 amide bonds. The van der Waals surface area contributed by atoms with E-state index in [1.54, 1.807) is 11.3 Å². The Morgan fingerprint density at radius 3 is 2.69 bits per heavy atom. The highest BCUT2D eigenvalue weighted by Crippen LogP contribution is 2.33. The largest absolute Gasteiger partial charge is 0.303 e. The Bertz CT molecular complexity index is 544. The molecule has 0 spiro atoms. The van der Waals surface area contributed by atoms with Crippen LogP contribution in [0.5, 0.6) is 0 Å². The molecular weight excluding hydrogens is 218 g/mol. The predicted molar refractivity (Wildman–Crippen MR) is 66.0 cm³/mol. The molecular formula is C13H11NOS. The number of anilines is 1. The Labute approximate surface area is 98.1 Å². The summed E-state index contributed by atoms with van der Waals surface area (Å²) in [6.07, 6.45) is 0. The van der Waals surface area contributed by atoms with Gasteiger partial charge < -0.3 is 4.90 Å². The van der Waals surface area contributed by atoms with Gasteiger partial charge in [0.15, 0.2) is 0 Å². The molecule has 3 heteroatoms. The SMILES string of the molecule is Cc1cc2c(s1)CN(c1ccccc1)C2=O. The lowest BCUT2D eigenvalue weighted by molar-refractivity contribution is 0.0996. The average molecular weight is 229 g/mol. The third kappa shape index (κ3) is 1.36. The van der Waals surface area contributed by atoms with Gasteiger partial charge >= 0.3 is 0 Å². The van der Waals surface area contributed by atoms with E-state index in [1.807, 2.05) is 48.2 Å². The van der Waals surface area contributed by atoms with E-state index in [0.717, 1.165) is 17.8 Å². The normalized spacial score (nSPS) is 14.3. The second kappa shape index (κ2) is 3.46. The number of benzene rings is 1. The van der Waals surface area contributed by atoms with Crippen LogP contribution in [0.1, 0.15) is 20.1 Å². The van der Waals surface area contributed by atoms with Crippen LogP contribution in [0.2, 0.25) is 0 Å². The van der Waals surface area contributed by atoms with Gasteiger partial charge in [-0.2, -0.15) is 0 Å². The predicted octanol–water partition coefficient (Wildman–Crippen LogP) is 3.22. The van der Waals surface area contributed by atoms with Gasteiger partial charge in [0.2, 0.25) is 0 Å². The molecule has 0 saturated heterocycles. The van der Waals surface area contributed by atoms with Crippen molar-refractivity contribution >= 4 is 22.9 Å². The summed E-state index contributed by atoms with van der Waals surface area (Å²) >= 11 is 1.72. The van der Waals surface area contributed by atoms with Crippen LogP contribution in [0.15, 0.2) is 36.4 Å². The first-order valence-corrected chi connectivity index (χ1v) is 6.03. The highest BCUT2D eigenvalue weighted by Gasteiger charge is 2.30. The summed E-state index contributed by atoms with van der Waals surface area (Å²) in [6, 6.07) is 11.8. The van der Waals surface area contributed by atoms with E-state index >= 15 is 0 Å². The Hall–Kier alpha value is -1.61. The number of hydrogen-bond acceptors (Lipinski definition) is 2. The van der Waals surface area contributed by atoms with E-state index in [-0.39, 0.29) is 5.91 Å². The highest BCUT2D eigenvalue weighted by atomic mass is 32.1. The lowest BCUT2D eigenvalue weighted by Crippen LogP contribution is -2.22. The third-order valence-corrected chi connectivity index (χ3v) is 3.81. The summed E-state index contributed by atoms with van der Waals surface area (Å²) in [5.41, 5.74) is 1.86. The van der Waals surface area contributed by atoms with E-state index in [4.69, 9.17) is 0 Å². The molecule has 1 aliphatic heterocycles. The molecule has 0 bridgehead atoms. The molecule has 2 heterocycles. The lowest BCUT2D eigenvalue weighted by atomic mass is 10.2. The fraction of sp³-hybridized carbons (Fsp3) is 0.154. The van der Waals surface area contributed by atoms with Crippen LogP contribution in [-0.4, -0.2) is 5.91 Å². The molecule has 0 unspecified atom stereocenters. The molecule has 80 valence electrons. The van der Waals surface area contributed by atoms with E-state index < -0.39 is 0 Å². The van der Waals surface area contributed by atoms with Crippen molar-refractivity contribution in [2.24, 2.45) is 0 Å². The van der Waals surface area contributed by atoms with Gasteiger partial charge in [-0.05, 0) is 25.1 Å². The Balaban J connectivity index is 1.99. The molecule has 1 aromatic carbocycles. The fourth-order valence-corrected chi connectivity index (χ4v) is 3.05. The van der Waals surface area contributed by atoms with Crippen LogP contribution in [0.4, 0.5) is 5.69 Å². The van der Waals surface area contributed by atoms with Crippen LogP contribution in [-0.2, 0) is 6.54 Å². The number of rotatable bonds is 1. The van der Waals surface area contributed by atoms with Crippen LogP contribution in [0.3, 0.4) is 0 Å². The first-order valence-electron chi connectivity index (χ1n) is 5.22. The van der Waals surface area contributed by atoms with Gasteiger partial charge in [0.05, 0.1) is 12.1 Å². The van der Waals surface area contributed by atoms with Gasteiger partial charge in [-0.3, -0.25) is 4.79 Å². The van der Waals surface area contributed by atoms with Crippen molar-refractivity contribution < 1.29 is 4.79 Å². The van der Waals surface area contributed by atoms with Crippen molar-refractivity contribution in [1.29, 1.82) is 0 Å². The number of carbonyl (C=O) groups is 1. The highest BCUT2D eigenvalue weighted by molar-refractivity contribution is 7.12. The summed E-state index contributed by atoms with van der Waals surface area (Å²) in [6.45, 7) is 2.76. The summed E-state index contributed by atoms with van der Waals surface area (Å²) < 4.78 is 0. The van der Waals surface area contributed by atoms with Crippen molar-refractivity contribution in [2.45, 2.75) is 13.5 Å². The smallest absolute Gasteiger partial charge is 0.259 e.